The lowest BCUT2D eigenvalue weighted by Crippen LogP contribution is -2.35. The second-order valence-corrected chi connectivity index (χ2v) is 2.74. The third-order valence-electron chi connectivity index (χ3n) is 1.78. The third-order valence-corrected chi connectivity index (χ3v) is 1.78. The van der Waals surface area contributed by atoms with Gasteiger partial charge < -0.3 is 11.1 Å². The van der Waals surface area contributed by atoms with Crippen LogP contribution in [-0.4, -0.2) is 18.4 Å². The summed E-state index contributed by atoms with van der Waals surface area (Å²) in [5.41, 5.74) is 5.37. The zero-order valence-electron chi connectivity index (χ0n) is 6.83. The van der Waals surface area contributed by atoms with Crippen molar-refractivity contribution in [3.05, 3.63) is 24.4 Å². The molecule has 1 atom stereocenters. The molecule has 11 heavy (non-hydrogen) atoms. The van der Waals surface area contributed by atoms with Crippen LogP contribution in [0.5, 0.6) is 0 Å². The van der Waals surface area contributed by atoms with Gasteiger partial charge in [-0.1, -0.05) is 6.08 Å². The van der Waals surface area contributed by atoms with Gasteiger partial charge in [-0.25, -0.2) is 4.99 Å². The average Bonchev–Trinajstić information content (AvgIpc) is 2.15. The van der Waals surface area contributed by atoms with Crippen LogP contribution < -0.4 is 11.1 Å². The summed E-state index contributed by atoms with van der Waals surface area (Å²) >= 11 is 0. The molecule has 0 aromatic heterocycles. The maximum absolute atomic E-state index is 5.49. The number of nitrogens with two attached hydrogens (primary N) is 1. The van der Waals surface area contributed by atoms with Crippen molar-refractivity contribution in [1.82, 2.24) is 5.32 Å². The Morgan fingerprint density at radius 1 is 1.55 bits per heavy atom. The fourth-order valence-electron chi connectivity index (χ4n) is 0.802. The van der Waals surface area contributed by atoms with E-state index in [1.54, 1.807) is 12.3 Å². The van der Waals surface area contributed by atoms with Crippen LogP contribution in [0.3, 0.4) is 0 Å². The molecule has 0 aliphatic carbocycles. The highest BCUT2D eigenvalue weighted by atomic mass is 14.9. The van der Waals surface area contributed by atoms with Gasteiger partial charge in [0, 0.05) is 6.20 Å². The maximum atomic E-state index is 5.49. The normalized spacial score (nSPS) is 29.8. The minimum atomic E-state index is -0.120. The summed E-state index contributed by atoms with van der Waals surface area (Å²) in [5, 5.41) is 3.14. The lowest BCUT2D eigenvalue weighted by molar-refractivity contribution is 0.589. The van der Waals surface area contributed by atoms with Gasteiger partial charge in [-0.2, -0.15) is 0 Å². The molecule has 0 fully saturated rings. The molecule has 1 aliphatic heterocycles. The quantitative estimate of drug-likeness (QED) is 0.570. The molecule has 3 heteroatoms. The number of nitrogens with one attached hydrogen (secondary N) is 1. The first-order valence-corrected chi connectivity index (χ1v) is 3.55. The number of likely N-dealkylation sites (N-methyl/N-ethyl adjacent to an activating group) is 1. The molecule has 1 rings (SSSR count). The summed E-state index contributed by atoms with van der Waals surface area (Å²) in [6.45, 7) is 2.05. The average molecular weight is 151 g/mol. The summed E-state index contributed by atoms with van der Waals surface area (Å²) in [5.74, 6) is 0.542. The van der Waals surface area contributed by atoms with E-state index in [0.717, 1.165) is 0 Å². The van der Waals surface area contributed by atoms with Crippen molar-refractivity contribution in [2.45, 2.75) is 12.5 Å². The minimum absolute atomic E-state index is 0.120. The van der Waals surface area contributed by atoms with Crippen LogP contribution in [0.4, 0.5) is 0 Å². The van der Waals surface area contributed by atoms with Gasteiger partial charge in [-0.15, -0.1) is 0 Å². The fourth-order valence-corrected chi connectivity index (χ4v) is 0.802. The van der Waals surface area contributed by atoms with Gasteiger partial charge >= 0.3 is 0 Å². The lowest BCUT2D eigenvalue weighted by Gasteiger charge is -2.19. The smallest absolute Gasteiger partial charge is 0.123 e. The van der Waals surface area contributed by atoms with Crippen molar-refractivity contribution in [3.63, 3.8) is 0 Å². The van der Waals surface area contributed by atoms with E-state index in [1.807, 2.05) is 26.1 Å². The van der Waals surface area contributed by atoms with E-state index in [2.05, 4.69) is 10.3 Å². The molecule has 0 bridgehead atoms. The Morgan fingerprint density at radius 3 is 2.91 bits per heavy atom. The molecule has 0 spiro atoms. The van der Waals surface area contributed by atoms with Crippen LogP contribution >= 0.6 is 0 Å². The monoisotopic (exact) mass is 151 g/mol. The molecule has 1 heterocycles. The predicted octanol–water partition coefficient (Wildman–Crippen LogP) is 0.405. The van der Waals surface area contributed by atoms with Crippen molar-refractivity contribution in [2.75, 3.05) is 7.05 Å². The van der Waals surface area contributed by atoms with Crippen LogP contribution in [0.25, 0.3) is 0 Å². The number of nitrogens with zero attached hydrogens (tertiary/aromatic N) is 1. The molecule has 3 N–H and O–H groups in total. The van der Waals surface area contributed by atoms with Crippen molar-refractivity contribution < 1.29 is 0 Å². The minimum Gasteiger partial charge on any atom is -0.384 e. The summed E-state index contributed by atoms with van der Waals surface area (Å²) in [6.07, 6.45) is 7.46. The lowest BCUT2D eigenvalue weighted by atomic mass is 10.0. The molecular formula is C8H13N3. The van der Waals surface area contributed by atoms with Gasteiger partial charge in [0.2, 0.25) is 0 Å². The van der Waals surface area contributed by atoms with Crippen molar-refractivity contribution >= 4 is 5.84 Å². The molecule has 0 saturated heterocycles. The van der Waals surface area contributed by atoms with Crippen LogP contribution in [-0.2, 0) is 0 Å². The molecule has 60 valence electrons. The third kappa shape index (κ3) is 1.91. The zero-order valence-corrected chi connectivity index (χ0v) is 6.83. The number of hydrogen-bond acceptors (Lipinski definition) is 3. The van der Waals surface area contributed by atoms with E-state index < -0.39 is 0 Å². The highest BCUT2D eigenvalue weighted by molar-refractivity contribution is 5.92. The van der Waals surface area contributed by atoms with E-state index >= 15 is 0 Å². The number of rotatable bonds is 1. The molecule has 1 unspecified atom stereocenters. The molecule has 1 aliphatic rings. The molecule has 0 amide bonds. The Balaban J connectivity index is 2.86. The molecule has 0 aromatic carbocycles. The largest absolute Gasteiger partial charge is 0.384 e. The SMILES string of the molecule is CNC1(C)C=CN=C(N)C=C1. The van der Waals surface area contributed by atoms with E-state index in [0.29, 0.717) is 5.84 Å². The topological polar surface area (TPSA) is 50.4 Å². The van der Waals surface area contributed by atoms with Gasteiger partial charge in [0.1, 0.15) is 5.84 Å². The van der Waals surface area contributed by atoms with Crippen LogP contribution in [0, 0.1) is 0 Å². The summed E-state index contributed by atoms with van der Waals surface area (Å²) < 4.78 is 0. The first kappa shape index (κ1) is 8.01. The maximum Gasteiger partial charge on any atom is 0.123 e. The number of aliphatic imine (C=N–C) groups is 1. The second kappa shape index (κ2) is 2.88. The van der Waals surface area contributed by atoms with Crippen LogP contribution in [0.1, 0.15) is 6.92 Å². The Morgan fingerprint density at radius 2 is 2.27 bits per heavy atom. The highest BCUT2D eigenvalue weighted by Crippen LogP contribution is 2.09. The van der Waals surface area contributed by atoms with E-state index in [1.165, 1.54) is 0 Å². The van der Waals surface area contributed by atoms with Crippen molar-refractivity contribution in [1.29, 1.82) is 0 Å². The molecule has 3 nitrogen and oxygen atoms in total. The van der Waals surface area contributed by atoms with E-state index in [4.69, 9.17) is 5.73 Å². The van der Waals surface area contributed by atoms with Gasteiger partial charge in [-0.3, -0.25) is 0 Å². The summed E-state index contributed by atoms with van der Waals surface area (Å²) in [7, 11) is 1.90. The predicted molar refractivity (Wildman–Crippen MR) is 47.4 cm³/mol. The Hall–Kier alpha value is -1.09. The fraction of sp³-hybridized carbons (Fsp3) is 0.375. The van der Waals surface area contributed by atoms with Crippen molar-refractivity contribution in [3.8, 4) is 0 Å². The number of amidine groups is 1. The zero-order chi connectivity index (χ0) is 8.32. The molecular weight excluding hydrogens is 138 g/mol. The van der Waals surface area contributed by atoms with Gasteiger partial charge in [0.25, 0.3) is 0 Å². The number of hydrogen-bond donors (Lipinski definition) is 2. The van der Waals surface area contributed by atoms with Crippen LogP contribution in [0.15, 0.2) is 29.4 Å². The van der Waals surface area contributed by atoms with E-state index in [-0.39, 0.29) is 5.54 Å². The highest BCUT2D eigenvalue weighted by Gasteiger charge is 2.14. The first-order chi connectivity index (χ1) is 5.16. The van der Waals surface area contributed by atoms with Gasteiger partial charge in [0.05, 0.1) is 5.54 Å². The van der Waals surface area contributed by atoms with Crippen molar-refractivity contribution in [2.24, 2.45) is 10.7 Å². The summed E-state index contributed by atoms with van der Waals surface area (Å²) in [4.78, 5) is 3.95. The Labute approximate surface area is 66.7 Å². The molecule has 0 aromatic rings. The summed E-state index contributed by atoms with van der Waals surface area (Å²) in [6, 6.07) is 0. The van der Waals surface area contributed by atoms with Gasteiger partial charge in [-0.05, 0) is 26.1 Å². The Bertz CT molecular complexity index is 227. The first-order valence-electron chi connectivity index (χ1n) is 3.55. The van der Waals surface area contributed by atoms with E-state index in [9.17, 15) is 0 Å². The Kier molecular flexibility index (Phi) is 2.10. The van der Waals surface area contributed by atoms with Crippen LogP contribution in [0.2, 0.25) is 0 Å². The molecule has 0 saturated carbocycles. The molecule has 0 radical (unpaired) electrons. The standard InChI is InChI=1S/C8H13N3/c1-8(10-2)4-3-7(9)11-6-5-8/h3-6,10H,1-2H3,(H2,9,11). The second-order valence-electron chi connectivity index (χ2n) is 2.74. The van der Waals surface area contributed by atoms with Gasteiger partial charge in [0.15, 0.2) is 0 Å².